The number of nitrogens with two attached hydrogens (primary N) is 1. The van der Waals surface area contributed by atoms with Crippen molar-refractivity contribution >= 4 is 53.7 Å². The molecule has 0 unspecified atom stereocenters. The number of likely N-dealkylation sites (tertiary alicyclic amines) is 1. The van der Waals surface area contributed by atoms with Crippen LogP contribution in [0.1, 0.15) is 38.7 Å². The van der Waals surface area contributed by atoms with Crippen molar-refractivity contribution < 1.29 is 9.59 Å². The maximum absolute atomic E-state index is 12.2. The first-order valence-electron chi connectivity index (χ1n) is 8.72. The van der Waals surface area contributed by atoms with Gasteiger partial charge in [-0.3, -0.25) is 9.59 Å². The van der Waals surface area contributed by atoms with Crippen molar-refractivity contribution in [2.45, 2.75) is 19.4 Å². The Morgan fingerprint density at radius 1 is 1.11 bits per heavy atom. The van der Waals surface area contributed by atoms with Gasteiger partial charge in [0.15, 0.2) is 0 Å². The molecule has 7 nitrogen and oxygen atoms in total. The van der Waals surface area contributed by atoms with Crippen LogP contribution in [0, 0.1) is 0 Å². The van der Waals surface area contributed by atoms with E-state index in [9.17, 15) is 9.59 Å². The van der Waals surface area contributed by atoms with E-state index < -0.39 is 0 Å². The predicted octanol–water partition coefficient (Wildman–Crippen LogP) is 2.52. The molecule has 0 aliphatic carbocycles. The molecule has 0 saturated carbocycles. The van der Waals surface area contributed by atoms with Crippen LogP contribution < -0.4 is 16.4 Å². The maximum Gasteiger partial charge on any atom is 0.275 e. The van der Waals surface area contributed by atoms with Gasteiger partial charge in [-0.05, 0) is 50.2 Å². The Balaban J connectivity index is 0.00000196. The van der Waals surface area contributed by atoms with Gasteiger partial charge in [0, 0.05) is 36.3 Å². The summed E-state index contributed by atoms with van der Waals surface area (Å²) in [6.45, 7) is 4.09. The van der Waals surface area contributed by atoms with E-state index in [1.807, 2.05) is 0 Å². The van der Waals surface area contributed by atoms with Crippen LogP contribution in [-0.2, 0) is 6.54 Å². The number of nitrogens with zero attached hydrogens (tertiary/aromatic N) is 2. The second-order valence-corrected chi connectivity index (χ2v) is 7.11. The topological polar surface area (TPSA) is 100 Å². The van der Waals surface area contributed by atoms with Crippen molar-refractivity contribution in [2.24, 2.45) is 5.73 Å². The van der Waals surface area contributed by atoms with E-state index in [4.69, 9.17) is 5.73 Å². The molecule has 0 atom stereocenters. The van der Waals surface area contributed by atoms with Crippen molar-refractivity contribution in [3.63, 3.8) is 0 Å². The molecule has 1 fully saturated rings. The van der Waals surface area contributed by atoms with Crippen LogP contribution in [0.15, 0.2) is 29.6 Å². The average Bonchev–Trinajstić information content (AvgIpc) is 3.34. The molecule has 154 valence electrons. The highest BCUT2D eigenvalue weighted by atomic mass is 35.5. The molecule has 1 aliphatic rings. The first-order valence-corrected chi connectivity index (χ1v) is 9.60. The molecule has 1 aromatic carbocycles. The summed E-state index contributed by atoms with van der Waals surface area (Å²) in [7, 11) is 0. The quantitative estimate of drug-likeness (QED) is 0.607. The fourth-order valence-corrected chi connectivity index (χ4v) is 3.50. The summed E-state index contributed by atoms with van der Waals surface area (Å²) in [5, 5.41) is 8.10. The SMILES string of the molecule is Cl.Cl.NCc1nc(C(=O)Nc2ccc(C(=O)NCCN3CCCC3)cc2)cs1. The number of thiazole rings is 1. The number of carbonyl (C=O) groups excluding carboxylic acids is 2. The second-order valence-electron chi connectivity index (χ2n) is 6.17. The Morgan fingerprint density at radius 3 is 2.39 bits per heavy atom. The van der Waals surface area contributed by atoms with Crippen LogP contribution in [0.5, 0.6) is 0 Å². The highest BCUT2D eigenvalue weighted by Crippen LogP contribution is 2.14. The van der Waals surface area contributed by atoms with Crippen LogP contribution >= 0.6 is 36.2 Å². The highest BCUT2D eigenvalue weighted by molar-refractivity contribution is 7.09. The van der Waals surface area contributed by atoms with E-state index in [0.717, 1.165) is 24.6 Å². The van der Waals surface area contributed by atoms with Crippen molar-refractivity contribution in [3.05, 3.63) is 45.9 Å². The average molecular weight is 446 g/mol. The van der Waals surface area contributed by atoms with Gasteiger partial charge in [-0.2, -0.15) is 0 Å². The maximum atomic E-state index is 12.2. The Kier molecular flexibility index (Phi) is 10.4. The molecule has 3 rings (SSSR count). The van der Waals surface area contributed by atoms with E-state index in [2.05, 4.69) is 20.5 Å². The monoisotopic (exact) mass is 445 g/mol. The molecule has 1 aliphatic heterocycles. The number of benzene rings is 1. The molecule has 10 heteroatoms. The molecular formula is C18H25Cl2N5O2S. The number of hydrogen-bond donors (Lipinski definition) is 3. The molecule has 2 aromatic rings. The van der Waals surface area contributed by atoms with E-state index in [0.29, 0.717) is 30.0 Å². The first-order chi connectivity index (χ1) is 12.7. The lowest BCUT2D eigenvalue weighted by Crippen LogP contribution is -2.33. The van der Waals surface area contributed by atoms with Crippen molar-refractivity contribution in [1.82, 2.24) is 15.2 Å². The third kappa shape index (κ3) is 6.72. The van der Waals surface area contributed by atoms with Crippen LogP contribution in [0.3, 0.4) is 0 Å². The Bertz CT molecular complexity index is 764. The molecule has 0 radical (unpaired) electrons. The number of rotatable bonds is 7. The third-order valence-corrected chi connectivity index (χ3v) is 5.15. The Morgan fingerprint density at radius 2 is 1.79 bits per heavy atom. The number of anilines is 1. The zero-order valence-electron chi connectivity index (χ0n) is 15.3. The summed E-state index contributed by atoms with van der Waals surface area (Å²) < 4.78 is 0. The molecule has 4 N–H and O–H groups in total. The van der Waals surface area contributed by atoms with Crippen LogP contribution in [0.4, 0.5) is 5.69 Å². The van der Waals surface area contributed by atoms with Crippen molar-refractivity contribution in [2.75, 3.05) is 31.5 Å². The zero-order chi connectivity index (χ0) is 18.4. The summed E-state index contributed by atoms with van der Waals surface area (Å²) in [6.07, 6.45) is 2.49. The number of amides is 2. The van der Waals surface area contributed by atoms with Gasteiger partial charge in [0.25, 0.3) is 11.8 Å². The third-order valence-electron chi connectivity index (χ3n) is 4.28. The smallest absolute Gasteiger partial charge is 0.275 e. The minimum Gasteiger partial charge on any atom is -0.351 e. The summed E-state index contributed by atoms with van der Waals surface area (Å²) >= 11 is 1.36. The van der Waals surface area contributed by atoms with E-state index >= 15 is 0 Å². The predicted molar refractivity (Wildman–Crippen MR) is 117 cm³/mol. The summed E-state index contributed by atoms with van der Waals surface area (Å²) in [5.41, 5.74) is 7.04. The summed E-state index contributed by atoms with van der Waals surface area (Å²) in [4.78, 5) is 30.8. The van der Waals surface area contributed by atoms with Gasteiger partial charge in [-0.1, -0.05) is 0 Å². The minimum absolute atomic E-state index is 0. The number of halogens is 2. The summed E-state index contributed by atoms with van der Waals surface area (Å²) in [5.74, 6) is -0.391. The standard InChI is InChI=1S/C18H23N5O2S.2ClH/c19-11-16-22-15(12-26-16)18(25)21-14-5-3-13(4-6-14)17(24)20-7-10-23-8-1-2-9-23;;/h3-6,12H,1-2,7-11,19H2,(H,20,24)(H,21,25);2*1H. The van der Waals surface area contributed by atoms with E-state index in [1.165, 1.54) is 24.2 Å². The Hall–Kier alpha value is -1.71. The second kappa shape index (κ2) is 12.0. The first kappa shape index (κ1) is 24.3. The number of nitrogens with one attached hydrogen (secondary N) is 2. The van der Waals surface area contributed by atoms with Crippen LogP contribution in [-0.4, -0.2) is 47.9 Å². The fraction of sp³-hybridized carbons (Fsp3) is 0.389. The molecule has 1 aromatic heterocycles. The minimum atomic E-state index is -0.288. The summed E-state index contributed by atoms with van der Waals surface area (Å²) in [6, 6.07) is 6.83. The van der Waals surface area contributed by atoms with Gasteiger partial charge in [0.2, 0.25) is 0 Å². The molecule has 2 heterocycles. The fourth-order valence-electron chi connectivity index (χ4n) is 2.84. The normalized spacial score (nSPS) is 13.3. The molecule has 0 bridgehead atoms. The van der Waals surface area contributed by atoms with Gasteiger partial charge in [0.05, 0.1) is 0 Å². The zero-order valence-corrected chi connectivity index (χ0v) is 17.8. The van der Waals surface area contributed by atoms with Gasteiger partial charge in [-0.15, -0.1) is 36.2 Å². The lowest BCUT2D eigenvalue weighted by atomic mass is 10.2. The highest BCUT2D eigenvalue weighted by Gasteiger charge is 2.13. The molecule has 0 spiro atoms. The number of carbonyl (C=O) groups is 2. The number of aromatic nitrogens is 1. The lowest BCUT2D eigenvalue weighted by molar-refractivity contribution is 0.0949. The molecule has 1 saturated heterocycles. The van der Waals surface area contributed by atoms with Gasteiger partial charge in [0.1, 0.15) is 10.7 Å². The lowest BCUT2D eigenvalue weighted by Gasteiger charge is -2.14. The van der Waals surface area contributed by atoms with E-state index in [1.54, 1.807) is 29.6 Å². The van der Waals surface area contributed by atoms with E-state index in [-0.39, 0.29) is 36.6 Å². The molecule has 2 amide bonds. The van der Waals surface area contributed by atoms with Crippen molar-refractivity contribution in [1.29, 1.82) is 0 Å². The van der Waals surface area contributed by atoms with Crippen LogP contribution in [0.25, 0.3) is 0 Å². The van der Waals surface area contributed by atoms with Crippen molar-refractivity contribution in [3.8, 4) is 0 Å². The molecular weight excluding hydrogens is 421 g/mol. The van der Waals surface area contributed by atoms with Gasteiger partial charge >= 0.3 is 0 Å². The largest absolute Gasteiger partial charge is 0.351 e. The number of hydrogen-bond acceptors (Lipinski definition) is 6. The van der Waals surface area contributed by atoms with Crippen LogP contribution in [0.2, 0.25) is 0 Å². The molecule has 28 heavy (non-hydrogen) atoms. The Labute approximate surface area is 180 Å². The van der Waals surface area contributed by atoms with Gasteiger partial charge < -0.3 is 21.3 Å². The van der Waals surface area contributed by atoms with Gasteiger partial charge in [-0.25, -0.2) is 4.98 Å².